The van der Waals surface area contributed by atoms with Gasteiger partial charge >= 0.3 is 0 Å². The Kier molecular flexibility index (Phi) is 6.45. The van der Waals surface area contributed by atoms with Crippen molar-refractivity contribution in [1.82, 2.24) is 10.2 Å². The van der Waals surface area contributed by atoms with E-state index in [0.29, 0.717) is 36.4 Å². The van der Waals surface area contributed by atoms with E-state index < -0.39 is 11.6 Å². The standard InChI is InChI=1S/C20H20F2N2O2S/c21-17-7-6-16(12-18(17)22)27-13-19(25)24-10-8-15(9-11-24)23-20(26)14-4-2-1-3-5-14/h1-7,12,15H,8-11,13H2,(H,23,26). The van der Waals surface area contributed by atoms with Crippen molar-refractivity contribution in [3.63, 3.8) is 0 Å². The molecular formula is C20H20F2N2O2S. The van der Waals surface area contributed by atoms with Gasteiger partial charge in [-0.2, -0.15) is 0 Å². The molecule has 0 radical (unpaired) electrons. The van der Waals surface area contributed by atoms with Crippen molar-refractivity contribution in [2.45, 2.75) is 23.8 Å². The number of thioether (sulfide) groups is 1. The first-order valence-electron chi connectivity index (χ1n) is 8.74. The number of hydrogen-bond donors (Lipinski definition) is 1. The van der Waals surface area contributed by atoms with Gasteiger partial charge in [0.25, 0.3) is 5.91 Å². The van der Waals surface area contributed by atoms with E-state index in [1.54, 1.807) is 17.0 Å². The summed E-state index contributed by atoms with van der Waals surface area (Å²) < 4.78 is 26.1. The number of rotatable bonds is 5. The molecule has 3 rings (SSSR count). The third-order valence-corrected chi connectivity index (χ3v) is 5.45. The van der Waals surface area contributed by atoms with Crippen molar-refractivity contribution >= 4 is 23.6 Å². The Bertz CT molecular complexity index is 809. The number of nitrogens with one attached hydrogen (secondary N) is 1. The smallest absolute Gasteiger partial charge is 0.251 e. The molecule has 0 bridgehead atoms. The number of benzene rings is 2. The second-order valence-electron chi connectivity index (χ2n) is 6.36. The maximum absolute atomic E-state index is 13.2. The van der Waals surface area contributed by atoms with E-state index in [4.69, 9.17) is 0 Å². The number of likely N-dealkylation sites (tertiary alicyclic amines) is 1. The monoisotopic (exact) mass is 390 g/mol. The number of piperidine rings is 1. The zero-order chi connectivity index (χ0) is 19.2. The van der Waals surface area contributed by atoms with Crippen molar-refractivity contribution in [2.75, 3.05) is 18.8 Å². The number of amides is 2. The van der Waals surface area contributed by atoms with Crippen LogP contribution in [0.3, 0.4) is 0 Å². The predicted molar refractivity (Wildman–Crippen MR) is 101 cm³/mol. The van der Waals surface area contributed by atoms with Crippen LogP contribution in [0.15, 0.2) is 53.4 Å². The van der Waals surface area contributed by atoms with Crippen molar-refractivity contribution in [3.8, 4) is 0 Å². The summed E-state index contributed by atoms with van der Waals surface area (Å²) in [5, 5.41) is 3.00. The van der Waals surface area contributed by atoms with E-state index in [0.717, 1.165) is 12.1 Å². The number of carbonyl (C=O) groups is 2. The maximum atomic E-state index is 13.2. The molecule has 4 nitrogen and oxygen atoms in total. The molecule has 7 heteroatoms. The highest BCUT2D eigenvalue weighted by Gasteiger charge is 2.24. The summed E-state index contributed by atoms with van der Waals surface area (Å²) in [6, 6.07) is 12.7. The van der Waals surface area contributed by atoms with E-state index in [9.17, 15) is 18.4 Å². The molecular weight excluding hydrogens is 370 g/mol. The average Bonchev–Trinajstić information content (AvgIpc) is 2.70. The van der Waals surface area contributed by atoms with E-state index in [2.05, 4.69) is 5.32 Å². The summed E-state index contributed by atoms with van der Waals surface area (Å²) >= 11 is 1.19. The van der Waals surface area contributed by atoms with Gasteiger partial charge in [0.05, 0.1) is 5.75 Å². The summed E-state index contributed by atoms with van der Waals surface area (Å²) in [7, 11) is 0. The molecule has 2 aromatic carbocycles. The topological polar surface area (TPSA) is 49.4 Å². The van der Waals surface area contributed by atoms with E-state index in [1.807, 2.05) is 18.2 Å². The van der Waals surface area contributed by atoms with Crippen LogP contribution in [0.25, 0.3) is 0 Å². The van der Waals surface area contributed by atoms with Crippen molar-refractivity contribution in [3.05, 3.63) is 65.7 Å². The molecule has 1 saturated heterocycles. The second kappa shape index (κ2) is 8.99. The average molecular weight is 390 g/mol. The lowest BCUT2D eigenvalue weighted by atomic mass is 10.0. The Morgan fingerprint density at radius 3 is 2.41 bits per heavy atom. The Hall–Kier alpha value is -2.41. The highest BCUT2D eigenvalue weighted by atomic mass is 32.2. The molecule has 1 aliphatic heterocycles. The molecule has 1 fully saturated rings. The first-order chi connectivity index (χ1) is 13.0. The van der Waals surface area contributed by atoms with Crippen LogP contribution >= 0.6 is 11.8 Å². The number of halogens is 2. The largest absolute Gasteiger partial charge is 0.349 e. The van der Waals surface area contributed by atoms with Crippen molar-refractivity contribution in [2.24, 2.45) is 0 Å². The van der Waals surface area contributed by atoms with Gasteiger partial charge in [-0.15, -0.1) is 11.8 Å². The second-order valence-corrected chi connectivity index (χ2v) is 7.41. The van der Waals surface area contributed by atoms with Crippen LogP contribution in [-0.4, -0.2) is 41.6 Å². The maximum Gasteiger partial charge on any atom is 0.251 e. The highest BCUT2D eigenvalue weighted by Crippen LogP contribution is 2.21. The molecule has 1 N–H and O–H groups in total. The number of nitrogens with zero attached hydrogens (tertiary/aromatic N) is 1. The fourth-order valence-corrected chi connectivity index (χ4v) is 3.76. The predicted octanol–water partition coefficient (Wildman–Crippen LogP) is 3.48. The van der Waals surface area contributed by atoms with Crippen LogP contribution in [0.2, 0.25) is 0 Å². The Morgan fingerprint density at radius 1 is 1.04 bits per heavy atom. The minimum absolute atomic E-state index is 0.0422. The quantitative estimate of drug-likeness (QED) is 0.796. The highest BCUT2D eigenvalue weighted by molar-refractivity contribution is 8.00. The number of hydrogen-bond acceptors (Lipinski definition) is 3. The Morgan fingerprint density at radius 2 is 1.74 bits per heavy atom. The molecule has 2 amide bonds. The van der Waals surface area contributed by atoms with Gasteiger partial charge in [-0.05, 0) is 43.2 Å². The fraction of sp³-hybridized carbons (Fsp3) is 0.300. The molecule has 27 heavy (non-hydrogen) atoms. The Balaban J connectivity index is 1.43. The summed E-state index contributed by atoms with van der Waals surface area (Å²) in [5.74, 6) is -1.79. The summed E-state index contributed by atoms with van der Waals surface area (Å²) in [5.41, 5.74) is 0.624. The normalized spacial score (nSPS) is 14.8. The zero-order valence-electron chi connectivity index (χ0n) is 14.7. The van der Waals surface area contributed by atoms with Crippen LogP contribution in [0.5, 0.6) is 0 Å². The molecule has 0 atom stereocenters. The third kappa shape index (κ3) is 5.29. The molecule has 0 aromatic heterocycles. The molecule has 0 unspecified atom stereocenters. The van der Waals surface area contributed by atoms with Crippen LogP contribution in [0.1, 0.15) is 23.2 Å². The zero-order valence-corrected chi connectivity index (χ0v) is 15.5. The minimum atomic E-state index is -0.914. The SMILES string of the molecule is O=C(NC1CCN(C(=O)CSc2ccc(F)c(F)c2)CC1)c1ccccc1. The van der Waals surface area contributed by atoms with E-state index in [1.165, 1.54) is 17.8 Å². The van der Waals surface area contributed by atoms with Gasteiger partial charge in [-0.25, -0.2) is 8.78 Å². The fourth-order valence-electron chi connectivity index (χ4n) is 2.93. The van der Waals surface area contributed by atoms with E-state index in [-0.39, 0.29) is 23.6 Å². The molecule has 142 valence electrons. The summed E-state index contributed by atoms with van der Waals surface area (Å²) in [6.07, 6.45) is 1.39. The van der Waals surface area contributed by atoms with Gasteiger partial charge in [0.15, 0.2) is 11.6 Å². The van der Waals surface area contributed by atoms with Crippen LogP contribution in [0, 0.1) is 11.6 Å². The molecule has 1 aliphatic rings. The van der Waals surface area contributed by atoms with Crippen molar-refractivity contribution in [1.29, 1.82) is 0 Å². The summed E-state index contributed by atoms with van der Waals surface area (Å²) in [4.78, 5) is 26.8. The van der Waals surface area contributed by atoms with Crippen LogP contribution in [-0.2, 0) is 4.79 Å². The molecule has 0 saturated carbocycles. The van der Waals surface area contributed by atoms with Gasteiger partial charge in [-0.3, -0.25) is 9.59 Å². The first kappa shape index (κ1) is 19.4. The first-order valence-corrected chi connectivity index (χ1v) is 9.73. The number of carbonyl (C=O) groups excluding carboxylic acids is 2. The van der Waals surface area contributed by atoms with Crippen LogP contribution in [0.4, 0.5) is 8.78 Å². The van der Waals surface area contributed by atoms with Crippen molar-refractivity contribution < 1.29 is 18.4 Å². The van der Waals surface area contributed by atoms with Gasteiger partial charge in [0, 0.05) is 29.6 Å². The lowest BCUT2D eigenvalue weighted by Crippen LogP contribution is -2.47. The van der Waals surface area contributed by atoms with Gasteiger partial charge in [-0.1, -0.05) is 18.2 Å². The molecule has 0 aliphatic carbocycles. The molecule has 1 heterocycles. The Labute approximate surface area is 160 Å². The van der Waals surface area contributed by atoms with Gasteiger partial charge in [0.1, 0.15) is 0 Å². The lowest BCUT2D eigenvalue weighted by Gasteiger charge is -2.32. The van der Waals surface area contributed by atoms with Gasteiger partial charge in [0.2, 0.25) is 5.91 Å². The summed E-state index contributed by atoms with van der Waals surface area (Å²) in [6.45, 7) is 1.13. The lowest BCUT2D eigenvalue weighted by molar-refractivity contribution is -0.129. The van der Waals surface area contributed by atoms with Gasteiger partial charge < -0.3 is 10.2 Å². The molecule has 0 spiro atoms. The minimum Gasteiger partial charge on any atom is -0.349 e. The molecule has 2 aromatic rings. The van der Waals surface area contributed by atoms with Crippen LogP contribution < -0.4 is 5.32 Å². The van der Waals surface area contributed by atoms with E-state index >= 15 is 0 Å². The third-order valence-electron chi connectivity index (χ3n) is 4.47.